The first-order chi connectivity index (χ1) is 13.9. The van der Waals surface area contributed by atoms with Crippen molar-refractivity contribution in [3.8, 4) is 0 Å². The van der Waals surface area contributed by atoms with Crippen molar-refractivity contribution in [2.45, 2.75) is 55.4 Å². The van der Waals surface area contributed by atoms with Crippen LogP contribution in [0.3, 0.4) is 0 Å². The van der Waals surface area contributed by atoms with Gasteiger partial charge in [0.05, 0.1) is 28.1 Å². The van der Waals surface area contributed by atoms with Crippen molar-refractivity contribution >= 4 is 25.5 Å². The molecular weight excluding hydrogens is 406 g/mol. The molecule has 2 aromatic rings. The fourth-order valence-corrected chi connectivity index (χ4v) is 8.02. The minimum atomic E-state index is -3.87. The van der Waals surface area contributed by atoms with Crippen molar-refractivity contribution in [3.05, 3.63) is 60.2 Å². The zero-order chi connectivity index (χ0) is 20.5. The highest BCUT2D eigenvalue weighted by Gasteiger charge is 2.39. The molecule has 2 aromatic carbocycles. The third-order valence-electron chi connectivity index (χ3n) is 6.06. The van der Waals surface area contributed by atoms with Gasteiger partial charge in [-0.1, -0.05) is 49.6 Å². The Morgan fingerprint density at radius 1 is 0.828 bits per heavy atom. The lowest BCUT2D eigenvalue weighted by Gasteiger charge is -2.30. The maximum Gasteiger partial charge on any atom is 0.264 e. The summed E-state index contributed by atoms with van der Waals surface area (Å²) in [6.07, 6.45) is 6.35. The van der Waals surface area contributed by atoms with Crippen molar-refractivity contribution < 1.29 is 16.8 Å². The molecule has 0 radical (unpaired) electrons. The minimum Gasteiger partial charge on any atom is -0.262 e. The Kier molecular flexibility index (Phi) is 5.71. The number of hydrogen-bond acceptors (Lipinski definition) is 4. The van der Waals surface area contributed by atoms with Gasteiger partial charge in [0.25, 0.3) is 10.0 Å². The Bertz CT molecular complexity index is 1040. The smallest absolute Gasteiger partial charge is 0.262 e. The topological polar surface area (TPSA) is 71.5 Å². The van der Waals surface area contributed by atoms with E-state index in [1.54, 1.807) is 36.4 Å². The van der Waals surface area contributed by atoms with Crippen LogP contribution in [-0.4, -0.2) is 34.4 Å². The second-order valence-corrected chi connectivity index (χ2v) is 12.1. The molecule has 5 nitrogen and oxygen atoms in total. The average Bonchev–Trinajstić information content (AvgIpc) is 3.08. The first-order valence-corrected chi connectivity index (χ1v) is 13.5. The number of sulfone groups is 1. The number of sulfonamides is 1. The van der Waals surface area contributed by atoms with Gasteiger partial charge in [0.2, 0.25) is 0 Å². The number of nitrogens with zero attached hydrogens (tertiary/aromatic N) is 1. The van der Waals surface area contributed by atoms with Gasteiger partial charge in [-0.2, -0.15) is 0 Å². The summed E-state index contributed by atoms with van der Waals surface area (Å²) >= 11 is 0. The Balaban J connectivity index is 1.68. The van der Waals surface area contributed by atoms with Gasteiger partial charge in [0, 0.05) is 0 Å². The van der Waals surface area contributed by atoms with E-state index in [4.69, 9.17) is 0 Å². The molecule has 2 fully saturated rings. The van der Waals surface area contributed by atoms with Crippen LogP contribution < -0.4 is 4.31 Å². The number of para-hydroxylation sites is 1. The molecule has 0 bridgehead atoms. The summed E-state index contributed by atoms with van der Waals surface area (Å²) in [7, 11) is -7.08. The molecule has 29 heavy (non-hydrogen) atoms. The van der Waals surface area contributed by atoms with Gasteiger partial charge in [0.1, 0.15) is 0 Å². The fourth-order valence-electron chi connectivity index (χ4n) is 4.54. The van der Waals surface area contributed by atoms with Crippen LogP contribution in [0.15, 0.2) is 59.5 Å². The average molecular weight is 434 g/mol. The van der Waals surface area contributed by atoms with Crippen LogP contribution in [0.25, 0.3) is 0 Å². The van der Waals surface area contributed by atoms with Crippen LogP contribution in [0.5, 0.6) is 0 Å². The lowest BCUT2D eigenvalue weighted by molar-refractivity contribution is 0.443. The summed E-state index contributed by atoms with van der Waals surface area (Å²) in [4.78, 5) is 0.213. The third-order valence-corrected chi connectivity index (χ3v) is 9.71. The summed E-state index contributed by atoms with van der Waals surface area (Å²) in [5.41, 5.74) is 1.70. The summed E-state index contributed by atoms with van der Waals surface area (Å²) < 4.78 is 52.5. The van der Waals surface area contributed by atoms with E-state index in [1.807, 2.05) is 18.2 Å². The van der Waals surface area contributed by atoms with Gasteiger partial charge >= 0.3 is 0 Å². The molecule has 156 valence electrons. The molecule has 1 saturated heterocycles. The summed E-state index contributed by atoms with van der Waals surface area (Å²) in [5.74, 6) is 0.393. The van der Waals surface area contributed by atoms with Crippen LogP contribution in [0.4, 0.5) is 5.69 Å². The molecule has 0 spiro atoms. The molecule has 1 saturated carbocycles. The molecule has 4 rings (SSSR count). The maximum atomic E-state index is 13.5. The first-order valence-electron chi connectivity index (χ1n) is 10.3. The molecule has 1 aliphatic carbocycles. The second kappa shape index (κ2) is 8.11. The monoisotopic (exact) mass is 433 g/mol. The molecule has 0 N–H and O–H groups in total. The van der Waals surface area contributed by atoms with E-state index in [2.05, 4.69) is 0 Å². The molecular formula is C22H27NO4S2. The SMILES string of the molecule is O=S1(=O)CC[C@@H](N(c2ccccc2)S(=O)(=O)c2ccc(C3CCCCC3)cc2)C1. The van der Waals surface area contributed by atoms with Gasteiger partial charge in [-0.25, -0.2) is 16.8 Å². The van der Waals surface area contributed by atoms with Crippen molar-refractivity contribution in [2.75, 3.05) is 15.8 Å². The highest BCUT2D eigenvalue weighted by molar-refractivity contribution is 7.93. The largest absolute Gasteiger partial charge is 0.264 e. The predicted molar refractivity (Wildman–Crippen MR) is 115 cm³/mol. The predicted octanol–water partition coefficient (Wildman–Crippen LogP) is 4.12. The van der Waals surface area contributed by atoms with Crippen LogP contribution in [0.2, 0.25) is 0 Å². The van der Waals surface area contributed by atoms with E-state index >= 15 is 0 Å². The highest BCUT2D eigenvalue weighted by atomic mass is 32.2. The fraction of sp³-hybridized carbons (Fsp3) is 0.455. The molecule has 1 atom stereocenters. The van der Waals surface area contributed by atoms with Crippen molar-refractivity contribution in [2.24, 2.45) is 0 Å². The van der Waals surface area contributed by atoms with Gasteiger partial charge in [-0.3, -0.25) is 4.31 Å². The zero-order valence-electron chi connectivity index (χ0n) is 16.4. The summed E-state index contributed by atoms with van der Waals surface area (Å²) in [5, 5.41) is 0. The Labute approximate surface area is 173 Å². The van der Waals surface area contributed by atoms with Crippen molar-refractivity contribution in [3.63, 3.8) is 0 Å². The molecule has 0 unspecified atom stereocenters. The lowest BCUT2D eigenvalue weighted by Crippen LogP contribution is -2.41. The number of hydrogen-bond donors (Lipinski definition) is 0. The lowest BCUT2D eigenvalue weighted by atomic mass is 9.84. The van der Waals surface area contributed by atoms with E-state index in [9.17, 15) is 16.8 Å². The minimum absolute atomic E-state index is 0.0249. The molecule has 2 aliphatic rings. The number of rotatable bonds is 5. The van der Waals surface area contributed by atoms with Gasteiger partial charge < -0.3 is 0 Å². The van der Waals surface area contributed by atoms with Crippen molar-refractivity contribution in [1.82, 2.24) is 0 Å². The number of anilines is 1. The molecule has 1 aliphatic heterocycles. The Hall–Kier alpha value is -1.86. The van der Waals surface area contributed by atoms with E-state index in [1.165, 1.54) is 29.1 Å². The first kappa shape index (κ1) is 20.4. The van der Waals surface area contributed by atoms with Crippen LogP contribution in [-0.2, 0) is 19.9 Å². The van der Waals surface area contributed by atoms with E-state index in [0.29, 0.717) is 18.0 Å². The highest BCUT2D eigenvalue weighted by Crippen LogP contribution is 2.34. The Morgan fingerprint density at radius 3 is 2.07 bits per heavy atom. The second-order valence-electron chi connectivity index (χ2n) is 8.10. The van der Waals surface area contributed by atoms with Gasteiger partial charge in [0.15, 0.2) is 9.84 Å². The zero-order valence-corrected chi connectivity index (χ0v) is 18.0. The third kappa shape index (κ3) is 4.36. The summed E-state index contributed by atoms with van der Waals surface area (Å²) in [6, 6.07) is 15.4. The Morgan fingerprint density at radius 2 is 1.48 bits per heavy atom. The molecule has 7 heteroatoms. The molecule has 0 aromatic heterocycles. The van der Waals surface area contributed by atoms with Gasteiger partial charge in [-0.05, 0) is 55.0 Å². The molecule has 0 amide bonds. The van der Waals surface area contributed by atoms with Gasteiger partial charge in [-0.15, -0.1) is 0 Å². The quantitative estimate of drug-likeness (QED) is 0.711. The standard InChI is InChI=1S/C22H27NO4S2/c24-28(25)16-15-21(17-28)23(20-9-5-2-6-10-20)29(26,27)22-13-11-19(12-14-22)18-7-3-1-4-8-18/h2,5-6,9-14,18,21H,1,3-4,7-8,15-17H2/t21-/m1/s1. The van der Waals surface area contributed by atoms with Crippen LogP contribution in [0, 0.1) is 0 Å². The van der Waals surface area contributed by atoms with E-state index < -0.39 is 25.9 Å². The number of benzene rings is 2. The normalized spacial score (nSPS) is 22.4. The van der Waals surface area contributed by atoms with Crippen LogP contribution in [0.1, 0.15) is 50.0 Å². The van der Waals surface area contributed by atoms with Crippen LogP contribution >= 0.6 is 0 Å². The molecule has 1 heterocycles. The summed E-state index contributed by atoms with van der Waals surface area (Å²) in [6.45, 7) is 0. The van der Waals surface area contributed by atoms with E-state index in [0.717, 1.165) is 12.8 Å². The van der Waals surface area contributed by atoms with Crippen molar-refractivity contribution in [1.29, 1.82) is 0 Å². The maximum absolute atomic E-state index is 13.5. The van der Waals surface area contributed by atoms with E-state index in [-0.39, 0.29) is 16.4 Å².